The third-order valence-corrected chi connectivity index (χ3v) is 5.96. The molecule has 1 aliphatic carbocycles. The first kappa shape index (κ1) is 22.2. The third-order valence-electron chi connectivity index (χ3n) is 4.89. The van der Waals surface area contributed by atoms with Crippen LogP contribution in [0.5, 0.6) is 0 Å². The zero-order valence-corrected chi connectivity index (χ0v) is 17.0. The van der Waals surface area contributed by atoms with E-state index in [0.717, 1.165) is 48.7 Å². The maximum absolute atomic E-state index is 13.8. The number of aromatic nitrogens is 4. The molecule has 0 saturated carbocycles. The molecule has 0 radical (unpaired) electrons. The molecular weight excluding hydrogens is 460 g/mol. The number of pyridine rings is 1. The number of amides is 1. The molecule has 13 heteroatoms. The average Bonchev–Trinajstić information content (AvgIpc) is 3.26. The lowest BCUT2D eigenvalue weighted by atomic mass is 10.2. The van der Waals surface area contributed by atoms with Crippen LogP contribution in [0.3, 0.4) is 0 Å². The fourth-order valence-corrected chi connectivity index (χ4v) is 4.43. The van der Waals surface area contributed by atoms with E-state index in [1.165, 1.54) is 11.3 Å². The highest BCUT2D eigenvalue weighted by molar-refractivity contribution is 7.15. The largest absolute Gasteiger partial charge is 0.434 e. The highest BCUT2D eigenvalue weighted by Gasteiger charge is 2.41. The van der Waals surface area contributed by atoms with Crippen LogP contribution < -0.4 is 5.32 Å². The summed E-state index contributed by atoms with van der Waals surface area (Å²) in [5, 5.41) is 6.14. The molecule has 0 bridgehead atoms. The van der Waals surface area contributed by atoms with Crippen molar-refractivity contribution in [1.29, 1.82) is 0 Å². The van der Waals surface area contributed by atoms with Crippen molar-refractivity contribution < 1.29 is 31.1 Å². The second kappa shape index (κ2) is 8.19. The van der Waals surface area contributed by atoms with Crippen molar-refractivity contribution in [2.45, 2.75) is 44.5 Å². The van der Waals surface area contributed by atoms with E-state index in [-0.39, 0.29) is 5.13 Å². The fourth-order valence-electron chi connectivity index (χ4n) is 3.39. The van der Waals surface area contributed by atoms with Gasteiger partial charge in [-0.05, 0) is 37.8 Å². The molecule has 1 aliphatic rings. The van der Waals surface area contributed by atoms with E-state index in [0.29, 0.717) is 23.1 Å². The first-order chi connectivity index (χ1) is 15.0. The number of halogens is 6. The molecule has 0 atom stereocenters. The maximum atomic E-state index is 13.8. The second-order valence-corrected chi connectivity index (χ2v) is 8.21. The summed E-state index contributed by atoms with van der Waals surface area (Å²) in [6.45, 7) is 0. The van der Waals surface area contributed by atoms with Gasteiger partial charge in [0.05, 0.1) is 23.0 Å². The number of thiazole rings is 1. The predicted molar refractivity (Wildman–Crippen MR) is 103 cm³/mol. The van der Waals surface area contributed by atoms with Crippen LogP contribution in [-0.4, -0.2) is 25.7 Å². The number of rotatable bonds is 3. The summed E-state index contributed by atoms with van der Waals surface area (Å²) in [6.07, 6.45) is -4.07. The molecule has 0 spiro atoms. The molecule has 3 aromatic rings. The van der Waals surface area contributed by atoms with Gasteiger partial charge in [0, 0.05) is 11.1 Å². The van der Waals surface area contributed by atoms with Gasteiger partial charge < -0.3 is 0 Å². The number of nitrogens with one attached hydrogen (secondary N) is 1. The van der Waals surface area contributed by atoms with Crippen LogP contribution in [0.15, 0.2) is 24.5 Å². The quantitative estimate of drug-likeness (QED) is 0.413. The van der Waals surface area contributed by atoms with Crippen molar-refractivity contribution in [2.24, 2.45) is 0 Å². The number of carbonyl (C=O) groups is 1. The van der Waals surface area contributed by atoms with Crippen LogP contribution >= 0.6 is 11.3 Å². The number of hydrogen-bond acceptors (Lipinski definition) is 5. The van der Waals surface area contributed by atoms with Gasteiger partial charge in [0.15, 0.2) is 16.6 Å². The molecule has 0 fully saturated rings. The Balaban J connectivity index is 1.65. The van der Waals surface area contributed by atoms with Gasteiger partial charge in [-0.25, -0.2) is 14.6 Å². The van der Waals surface area contributed by atoms with Crippen molar-refractivity contribution in [3.63, 3.8) is 0 Å². The Bertz CT molecular complexity index is 1110. The number of hydrogen-bond donors (Lipinski definition) is 1. The molecule has 3 aromatic heterocycles. The molecule has 0 aromatic carbocycles. The first-order valence-corrected chi connectivity index (χ1v) is 10.3. The SMILES string of the molecule is O=C(Nc1nc2c(s1)CCCCC2)c1cnn(-c2ccc(C(F)(F)F)cn2)c1C(F)(F)F. The number of alkyl halides is 6. The minimum absolute atomic E-state index is 0.190. The Labute approximate surface area is 181 Å². The fraction of sp³-hybridized carbons (Fsp3) is 0.368. The van der Waals surface area contributed by atoms with Crippen molar-refractivity contribution in [1.82, 2.24) is 19.7 Å². The Morgan fingerprint density at radius 1 is 1.00 bits per heavy atom. The van der Waals surface area contributed by atoms with E-state index >= 15 is 0 Å². The van der Waals surface area contributed by atoms with E-state index in [2.05, 4.69) is 20.4 Å². The number of nitrogens with zero attached hydrogens (tertiary/aromatic N) is 4. The lowest BCUT2D eigenvalue weighted by Gasteiger charge is -2.12. The summed E-state index contributed by atoms with van der Waals surface area (Å²) in [5.74, 6) is -1.58. The van der Waals surface area contributed by atoms with Crippen LogP contribution in [-0.2, 0) is 25.2 Å². The van der Waals surface area contributed by atoms with Crippen LogP contribution in [0.25, 0.3) is 5.82 Å². The van der Waals surface area contributed by atoms with Gasteiger partial charge in [0.2, 0.25) is 0 Å². The van der Waals surface area contributed by atoms with Crippen molar-refractivity contribution in [3.8, 4) is 5.82 Å². The van der Waals surface area contributed by atoms with Gasteiger partial charge in [-0.1, -0.05) is 6.42 Å². The number of anilines is 1. The summed E-state index contributed by atoms with van der Waals surface area (Å²) in [7, 11) is 0. The smallest absolute Gasteiger partial charge is 0.298 e. The van der Waals surface area contributed by atoms with Gasteiger partial charge in [-0.2, -0.15) is 31.4 Å². The van der Waals surface area contributed by atoms with E-state index in [1.807, 2.05) is 0 Å². The van der Waals surface area contributed by atoms with Crippen LogP contribution in [0, 0.1) is 0 Å². The summed E-state index contributed by atoms with van der Waals surface area (Å²) in [4.78, 5) is 21.4. The summed E-state index contributed by atoms with van der Waals surface area (Å²) in [6, 6.07) is 1.34. The molecule has 4 rings (SSSR count). The zero-order chi connectivity index (χ0) is 23.1. The van der Waals surface area contributed by atoms with Gasteiger partial charge in [0.25, 0.3) is 5.91 Å². The summed E-state index contributed by atoms with van der Waals surface area (Å²) in [5.41, 5.74) is -2.52. The summed E-state index contributed by atoms with van der Waals surface area (Å²) >= 11 is 1.22. The molecule has 32 heavy (non-hydrogen) atoms. The standard InChI is InChI=1S/C19H15F6N5OS/c20-18(21,22)10-6-7-14(26-8-10)30-15(19(23,24)25)11(9-27-30)16(31)29-17-28-12-4-2-1-3-5-13(12)32-17/h6-9H,1-5H2,(H,28,29,31). The van der Waals surface area contributed by atoms with Crippen molar-refractivity contribution in [3.05, 3.63) is 51.9 Å². The van der Waals surface area contributed by atoms with Crippen molar-refractivity contribution >= 4 is 22.4 Å². The van der Waals surface area contributed by atoms with Crippen LogP contribution in [0.1, 0.15) is 51.4 Å². The molecule has 0 saturated heterocycles. The van der Waals surface area contributed by atoms with E-state index in [1.54, 1.807) is 0 Å². The van der Waals surface area contributed by atoms with Crippen LogP contribution in [0.2, 0.25) is 0 Å². The minimum atomic E-state index is -5.02. The predicted octanol–water partition coefficient (Wildman–Crippen LogP) is 5.28. The molecular formula is C19H15F6N5OS. The average molecular weight is 475 g/mol. The Kier molecular flexibility index (Phi) is 5.69. The minimum Gasteiger partial charge on any atom is -0.298 e. The molecule has 1 N–H and O–H groups in total. The van der Waals surface area contributed by atoms with Crippen LogP contribution in [0.4, 0.5) is 31.5 Å². The molecule has 1 amide bonds. The Hall–Kier alpha value is -2.96. The lowest BCUT2D eigenvalue weighted by molar-refractivity contribution is -0.143. The highest BCUT2D eigenvalue weighted by Crippen LogP contribution is 2.35. The number of aryl methyl sites for hydroxylation is 2. The zero-order valence-electron chi connectivity index (χ0n) is 16.2. The first-order valence-electron chi connectivity index (χ1n) is 9.53. The maximum Gasteiger partial charge on any atom is 0.434 e. The van der Waals surface area contributed by atoms with Gasteiger partial charge >= 0.3 is 12.4 Å². The second-order valence-electron chi connectivity index (χ2n) is 7.12. The number of carbonyl (C=O) groups excluding carboxylic acids is 1. The molecule has 0 unspecified atom stereocenters. The topological polar surface area (TPSA) is 72.7 Å². The third kappa shape index (κ3) is 4.47. The molecule has 3 heterocycles. The lowest BCUT2D eigenvalue weighted by Crippen LogP contribution is -2.21. The monoisotopic (exact) mass is 475 g/mol. The van der Waals surface area contributed by atoms with E-state index in [4.69, 9.17) is 0 Å². The highest BCUT2D eigenvalue weighted by atomic mass is 32.1. The Morgan fingerprint density at radius 3 is 2.41 bits per heavy atom. The number of fused-ring (bicyclic) bond motifs is 1. The van der Waals surface area contributed by atoms with E-state index in [9.17, 15) is 31.1 Å². The van der Waals surface area contributed by atoms with Gasteiger partial charge in [-0.3, -0.25) is 10.1 Å². The molecule has 6 nitrogen and oxygen atoms in total. The van der Waals surface area contributed by atoms with E-state index < -0.39 is 40.9 Å². The molecule has 170 valence electrons. The summed E-state index contributed by atoms with van der Waals surface area (Å²) < 4.78 is 79.7. The van der Waals surface area contributed by atoms with Gasteiger partial charge in [-0.15, -0.1) is 11.3 Å². The van der Waals surface area contributed by atoms with Crippen molar-refractivity contribution in [2.75, 3.05) is 5.32 Å². The Morgan fingerprint density at radius 2 is 1.75 bits per heavy atom. The normalized spacial score (nSPS) is 14.7. The molecule has 0 aliphatic heterocycles. The van der Waals surface area contributed by atoms with Gasteiger partial charge in [0.1, 0.15) is 0 Å².